The third kappa shape index (κ3) is 4.59. The van der Waals surface area contributed by atoms with Crippen molar-refractivity contribution in [1.29, 1.82) is 0 Å². The van der Waals surface area contributed by atoms with Crippen LogP contribution in [0.1, 0.15) is 12.0 Å². The van der Waals surface area contributed by atoms with Crippen molar-refractivity contribution in [3.8, 4) is 5.75 Å². The number of carbonyl (C=O) groups is 1. The van der Waals surface area contributed by atoms with Gasteiger partial charge in [-0.15, -0.1) is 0 Å². The van der Waals surface area contributed by atoms with Crippen molar-refractivity contribution < 1.29 is 9.53 Å². The van der Waals surface area contributed by atoms with Crippen molar-refractivity contribution in [3.63, 3.8) is 0 Å². The Morgan fingerprint density at radius 2 is 1.75 bits per heavy atom. The lowest BCUT2D eigenvalue weighted by atomic mass is 10.2. The van der Waals surface area contributed by atoms with Gasteiger partial charge in [0.2, 0.25) is 5.91 Å². The predicted molar refractivity (Wildman–Crippen MR) is 81.4 cm³/mol. The standard InChI is InChI=1S/C16H16ClNO2/c1-12-2-6-14(7-3-12)18-16(19)10-11-20-15-8-4-13(17)5-9-15/h2-9H,10-11H2,1H3,(H,18,19). The molecular weight excluding hydrogens is 274 g/mol. The Hall–Kier alpha value is -2.00. The number of rotatable bonds is 5. The summed E-state index contributed by atoms with van der Waals surface area (Å²) >= 11 is 5.78. The molecule has 4 heteroatoms. The van der Waals surface area contributed by atoms with Crippen LogP contribution >= 0.6 is 11.6 Å². The summed E-state index contributed by atoms with van der Waals surface area (Å²) in [6, 6.07) is 14.7. The first kappa shape index (κ1) is 14.4. The third-order valence-electron chi connectivity index (χ3n) is 2.75. The highest BCUT2D eigenvalue weighted by Gasteiger charge is 2.03. The summed E-state index contributed by atoms with van der Waals surface area (Å²) in [5, 5.41) is 3.49. The summed E-state index contributed by atoms with van der Waals surface area (Å²) in [7, 11) is 0. The number of benzene rings is 2. The number of hydrogen-bond acceptors (Lipinski definition) is 2. The van der Waals surface area contributed by atoms with Gasteiger partial charge < -0.3 is 10.1 Å². The number of nitrogens with one attached hydrogen (secondary N) is 1. The van der Waals surface area contributed by atoms with Crippen LogP contribution in [0.2, 0.25) is 5.02 Å². The highest BCUT2D eigenvalue weighted by Crippen LogP contribution is 2.15. The van der Waals surface area contributed by atoms with Crippen molar-refractivity contribution in [3.05, 3.63) is 59.1 Å². The molecule has 0 aliphatic carbocycles. The Morgan fingerprint density at radius 1 is 1.10 bits per heavy atom. The smallest absolute Gasteiger partial charge is 0.227 e. The number of carbonyl (C=O) groups excluding carboxylic acids is 1. The molecule has 2 aromatic rings. The second-order valence-electron chi connectivity index (χ2n) is 4.47. The average molecular weight is 290 g/mol. The molecular formula is C16H16ClNO2. The molecule has 20 heavy (non-hydrogen) atoms. The molecule has 104 valence electrons. The van der Waals surface area contributed by atoms with Gasteiger partial charge in [-0.05, 0) is 43.3 Å². The van der Waals surface area contributed by atoms with Crippen molar-refractivity contribution >= 4 is 23.2 Å². The molecule has 0 atom stereocenters. The molecule has 3 nitrogen and oxygen atoms in total. The van der Waals surface area contributed by atoms with Crippen LogP contribution in [0.4, 0.5) is 5.69 Å². The second-order valence-corrected chi connectivity index (χ2v) is 4.90. The minimum atomic E-state index is -0.0668. The van der Waals surface area contributed by atoms with E-state index in [-0.39, 0.29) is 5.91 Å². The van der Waals surface area contributed by atoms with E-state index in [1.54, 1.807) is 24.3 Å². The van der Waals surface area contributed by atoms with E-state index in [9.17, 15) is 4.79 Å². The largest absolute Gasteiger partial charge is 0.493 e. The van der Waals surface area contributed by atoms with Crippen LogP contribution in [0.3, 0.4) is 0 Å². The van der Waals surface area contributed by atoms with Gasteiger partial charge in [-0.2, -0.15) is 0 Å². The van der Waals surface area contributed by atoms with E-state index in [0.717, 1.165) is 11.3 Å². The molecule has 0 heterocycles. The first-order valence-corrected chi connectivity index (χ1v) is 6.76. The number of aryl methyl sites for hydroxylation is 1. The van der Waals surface area contributed by atoms with Crippen LogP contribution in [-0.2, 0) is 4.79 Å². The Bertz CT molecular complexity index is 564. The first-order chi connectivity index (χ1) is 9.63. The fraction of sp³-hybridized carbons (Fsp3) is 0.188. The predicted octanol–water partition coefficient (Wildman–Crippen LogP) is 4.06. The first-order valence-electron chi connectivity index (χ1n) is 6.38. The lowest BCUT2D eigenvalue weighted by Crippen LogP contribution is -2.15. The Kier molecular flexibility index (Phi) is 5.02. The van der Waals surface area contributed by atoms with E-state index in [2.05, 4.69) is 5.32 Å². The van der Waals surface area contributed by atoms with Crippen LogP contribution in [0.5, 0.6) is 5.75 Å². The van der Waals surface area contributed by atoms with Gasteiger partial charge in [0.15, 0.2) is 0 Å². The average Bonchev–Trinajstić information content (AvgIpc) is 2.44. The molecule has 2 rings (SSSR count). The summed E-state index contributed by atoms with van der Waals surface area (Å²) in [6.07, 6.45) is 0.302. The van der Waals surface area contributed by atoms with Crippen LogP contribution in [0, 0.1) is 6.92 Å². The molecule has 1 amide bonds. The summed E-state index contributed by atoms with van der Waals surface area (Å²) in [4.78, 5) is 11.7. The van der Waals surface area contributed by atoms with Gasteiger partial charge in [0.1, 0.15) is 5.75 Å². The molecule has 0 saturated carbocycles. The zero-order valence-corrected chi connectivity index (χ0v) is 12.0. The van der Waals surface area contributed by atoms with Gasteiger partial charge >= 0.3 is 0 Å². The van der Waals surface area contributed by atoms with Crippen molar-refractivity contribution in [2.45, 2.75) is 13.3 Å². The Labute approximate surface area is 123 Å². The van der Waals surface area contributed by atoms with Crippen molar-refractivity contribution in [1.82, 2.24) is 0 Å². The molecule has 1 N–H and O–H groups in total. The highest BCUT2D eigenvalue weighted by molar-refractivity contribution is 6.30. The number of anilines is 1. The molecule has 0 bridgehead atoms. The second kappa shape index (κ2) is 6.96. The van der Waals surface area contributed by atoms with Crippen LogP contribution in [0.25, 0.3) is 0 Å². The molecule has 0 unspecified atom stereocenters. The zero-order chi connectivity index (χ0) is 14.4. The van der Waals surface area contributed by atoms with Gasteiger partial charge in [0.25, 0.3) is 0 Å². The fourth-order valence-corrected chi connectivity index (χ4v) is 1.78. The normalized spacial score (nSPS) is 10.1. The fourth-order valence-electron chi connectivity index (χ4n) is 1.65. The van der Waals surface area contributed by atoms with E-state index in [4.69, 9.17) is 16.3 Å². The van der Waals surface area contributed by atoms with Crippen LogP contribution in [-0.4, -0.2) is 12.5 Å². The van der Waals surface area contributed by atoms with Crippen LogP contribution < -0.4 is 10.1 Å². The van der Waals surface area contributed by atoms with Crippen molar-refractivity contribution in [2.75, 3.05) is 11.9 Å². The molecule has 0 aliphatic rings. The summed E-state index contributed by atoms with van der Waals surface area (Å²) in [5.41, 5.74) is 1.96. The summed E-state index contributed by atoms with van der Waals surface area (Å²) < 4.78 is 5.47. The number of hydrogen-bond donors (Lipinski definition) is 1. The van der Waals surface area contributed by atoms with E-state index in [0.29, 0.717) is 23.8 Å². The zero-order valence-electron chi connectivity index (χ0n) is 11.2. The molecule has 0 aromatic heterocycles. The lowest BCUT2D eigenvalue weighted by Gasteiger charge is -2.07. The number of ether oxygens (including phenoxy) is 1. The maximum absolute atomic E-state index is 11.7. The highest BCUT2D eigenvalue weighted by atomic mass is 35.5. The van der Waals surface area contributed by atoms with Gasteiger partial charge in [0, 0.05) is 10.7 Å². The maximum Gasteiger partial charge on any atom is 0.227 e. The quantitative estimate of drug-likeness (QED) is 0.901. The van der Waals surface area contributed by atoms with E-state index >= 15 is 0 Å². The monoisotopic (exact) mass is 289 g/mol. The van der Waals surface area contributed by atoms with Crippen molar-refractivity contribution in [2.24, 2.45) is 0 Å². The SMILES string of the molecule is Cc1ccc(NC(=O)CCOc2ccc(Cl)cc2)cc1. The molecule has 2 aromatic carbocycles. The van der Waals surface area contributed by atoms with E-state index in [1.807, 2.05) is 31.2 Å². The molecule has 0 saturated heterocycles. The number of amides is 1. The molecule has 0 fully saturated rings. The minimum Gasteiger partial charge on any atom is -0.493 e. The summed E-state index contributed by atoms with van der Waals surface area (Å²) in [5.74, 6) is 0.639. The number of halogens is 1. The van der Waals surface area contributed by atoms with Crippen LogP contribution in [0.15, 0.2) is 48.5 Å². The molecule has 0 aliphatic heterocycles. The van der Waals surface area contributed by atoms with Gasteiger partial charge in [0.05, 0.1) is 13.0 Å². The third-order valence-corrected chi connectivity index (χ3v) is 3.00. The lowest BCUT2D eigenvalue weighted by molar-refractivity contribution is -0.116. The Balaban J connectivity index is 1.75. The van der Waals surface area contributed by atoms with Gasteiger partial charge in [-0.25, -0.2) is 0 Å². The summed E-state index contributed by atoms with van der Waals surface area (Å²) in [6.45, 7) is 2.34. The van der Waals surface area contributed by atoms with E-state index < -0.39 is 0 Å². The van der Waals surface area contributed by atoms with Gasteiger partial charge in [-0.3, -0.25) is 4.79 Å². The Morgan fingerprint density at radius 3 is 2.40 bits per heavy atom. The molecule has 0 spiro atoms. The topological polar surface area (TPSA) is 38.3 Å². The van der Waals surface area contributed by atoms with E-state index in [1.165, 1.54) is 0 Å². The maximum atomic E-state index is 11.7. The molecule has 0 radical (unpaired) electrons. The minimum absolute atomic E-state index is 0.0668. The van der Waals surface area contributed by atoms with Gasteiger partial charge in [-0.1, -0.05) is 29.3 Å².